The maximum atomic E-state index is 11.6. The predicted molar refractivity (Wildman–Crippen MR) is 56.6 cm³/mol. The van der Waals surface area contributed by atoms with E-state index in [2.05, 4.69) is 20.5 Å². The van der Waals surface area contributed by atoms with Gasteiger partial charge in [0.15, 0.2) is 0 Å². The molecule has 2 N–H and O–H groups in total. The molecular weight excluding hydrogens is 210 g/mol. The van der Waals surface area contributed by atoms with Gasteiger partial charge in [-0.1, -0.05) is 6.92 Å². The fraction of sp³-hybridized carbons (Fsp3) is 0.556. The van der Waals surface area contributed by atoms with Crippen molar-refractivity contribution in [3.8, 4) is 0 Å². The van der Waals surface area contributed by atoms with E-state index in [4.69, 9.17) is 0 Å². The molecule has 16 heavy (non-hydrogen) atoms. The van der Waals surface area contributed by atoms with Gasteiger partial charge in [-0.2, -0.15) is 5.10 Å². The van der Waals surface area contributed by atoms with Gasteiger partial charge in [-0.25, -0.2) is 4.98 Å². The summed E-state index contributed by atoms with van der Waals surface area (Å²) in [6.45, 7) is 2.59. The topological polar surface area (TPSA) is 91.0 Å². The lowest BCUT2D eigenvalue weighted by Gasteiger charge is -2.14. The summed E-state index contributed by atoms with van der Waals surface area (Å²) >= 11 is 0. The molecule has 1 heterocycles. The van der Waals surface area contributed by atoms with Gasteiger partial charge in [0.2, 0.25) is 11.7 Å². The van der Waals surface area contributed by atoms with Gasteiger partial charge in [-0.15, -0.1) is 0 Å². The molecule has 0 fully saturated rings. The van der Waals surface area contributed by atoms with E-state index in [1.165, 1.54) is 18.3 Å². The number of rotatable bonds is 5. The number of hydrogen-bond acceptors (Lipinski definition) is 4. The predicted octanol–water partition coefficient (Wildman–Crippen LogP) is -0.597. The summed E-state index contributed by atoms with van der Waals surface area (Å²) in [6, 6.07) is 0. The van der Waals surface area contributed by atoms with Crippen molar-refractivity contribution in [2.75, 3.05) is 20.1 Å². The van der Waals surface area contributed by atoms with Crippen LogP contribution in [0.25, 0.3) is 0 Å². The van der Waals surface area contributed by atoms with Crippen LogP contribution in [-0.4, -0.2) is 52.0 Å². The van der Waals surface area contributed by atoms with Crippen LogP contribution in [0.3, 0.4) is 0 Å². The quantitative estimate of drug-likeness (QED) is 0.700. The van der Waals surface area contributed by atoms with Crippen LogP contribution < -0.4 is 5.32 Å². The van der Waals surface area contributed by atoms with Crippen LogP contribution in [0.1, 0.15) is 24.0 Å². The summed E-state index contributed by atoms with van der Waals surface area (Å²) in [5.74, 6) is -0.410. The molecule has 0 aliphatic rings. The minimum atomic E-state index is -0.357. The first-order valence-electron chi connectivity index (χ1n) is 5.02. The van der Waals surface area contributed by atoms with E-state index < -0.39 is 0 Å². The third kappa shape index (κ3) is 3.34. The Hall–Kier alpha value is -1.92. The van der Waals surface area contributed by atoms with Crippen molar-refractivity contribution in [2.45, 2.75) is 13.3 Å². The minimum absolute atomic E-state index is 0.0134. The van der Waals surface area contributed by atoms with Crippen molar-refractivity contribution in [3.05, 3.63) is 12.2 Å². The Morgan fingerprint density at radius 2 is 2.31 bits per heavy atom. The summed E-state index contributed by atoms with van der Waals surface area (Å²) in [4.78, 5) is 28.0. The van der Waals surface area contributed by atoms with Crippen molar-refractivity contribution >= 4 is 11.8 Å². The highest BCUT2D eigenvalue weighted by molar-refractivity contribution is 5.93. The molecule has 88 valence electrons. The monoisotopic (exact) mass is 225 g/mol. The van der Waals surface area contributed by atoms with Gasteiger partial charge < -0.3 is 10.2 Å². The Bertz CT molecular complexity index is 349. The van der Waals surface area contributed by atoms with Gasteiger partial charge in [0.05, 0.1) is 6.54 Å². The number of amides is 2. The molecule has 1 aromatic rings. The zero-order valence-corrected chi connectivity index (χ0v) is 9.36. The molecule has 1 aromatic heterocycles. The lowest BCUT2D eigenvalue weighted by molar-refractivity contribution is -0.121. The van der Waals surface area contributed by atoms with Crippen molar-refractivity contribution < 1.29 is 9.59 Å². The number of carbonyl (C=O) groups excluding carboxylic acids is 2. The molecule has 0 aliphatic carbocycles. The number of nitrogens with one attached hydrogen (secondary N) is 2. The molecule has 0 aliphatic heterocycles. The molecule has 7 heteroatoms. The summed E-state index contributed by atoms with van der Waals surface area (Å²) < 4.78 is 0. The van der Waals surface area contributed by atoms with Crippen molar-refractivity contribution in [1.29, 1.82) is 0 Å². The van der Waals surface area contributed by atoms with Gasteiger partial charge in [0.25, 0.3) is 5.91 Å². The zero-order valence-electron chi connectivity index (χ0n) is 9.36. The van der Waals surface area contributed by atoms with Gasteiger partial charge in [0.1, 0.15) is 6.33 Å². The number of likely N-dealkylation sites (N-methyl/N-ethyl adjacent to an activating group) is 1. The summed E-state index contributed by atoms with van der Waals surface area (Å²) in [7, 11) is 1.54. The van der Waals surface area contributed by atoms with Gasteiger partial charge in [-0.3, -0.25) is 14.7 Å². The van der Waals surface area contributed by atoms with Crippen LogP contribution in [0.15, 0.2) is 6.33 Å². The number of H-pyrrole nitrogens is 1. The first kappa shape index (κ1) is 12.2. The average molecular weight is 225 g/mol. The fourth-order valence-corrected chi connectivity index (χ4v) is 1.10. The zero-order chi connectivity index (χ0) is 12.0. The van der Waals surface area contributed by atoms with E-state index in [9.17, 15) is 9.59 Å². The number of aromatic amines is 1. The average Bonchev–Trinajstić information content (AvgIpc) is 2.78. The maximum absolute atomic E-state index is 11.6. The van der Waals surface area contributed by atoms with E-state index in [0.29, 0.717) is 6.54 Å². The lowest BCUT2D eigenvalue weighted by Crippen LogP contribution is -2.38. The molecule has 0 saturated carbocycles. The third-order valence-corrected chi connectivity index (χ3v) is 1.92. The molecule has 0 aromatic carbocycles. The van der Waals surface area contributed by atoms with Gasteiger partial charge in [-0.05, 0) is 6.42 Å². The second-order valence-electron chi connectivity index (χ2n) is 3.35. The smallest absolute Gasteiger partial charge is 0.291 e. The van der Waals surface area contributed by atoms with E-state index in [1.54, 1.807) is 0 Å². The number of aromatic nitrogens is 3. The molecule has 0 atom stereocenters. The molecule has 0 unspecified atom stereocenters. The highest BCUT2D eigenvalue weighted by Crippen LogP contribution is 1.94. The van der Waals surface area contributed by atoms with Crippen molar-refractivity contribution in [2.24, 2.45) is 0 Å². The van der Waals surface area contributed by atoms with E-state index >= 15 is 0 Å². The Kier molecular flexibility index (Phi) is 4.43. The van der Waals surface area contributed by atoms with Crippen LogP contribution in [0.2, 0.25) is 0 Å². The first-order valence-corrected chi connectivity index (χ1v) is 5.02. The Morgan fingerprint density at radius 3 is 2.88 bits per heavy atom. The summed E-state index contributed by atoms with van der Waals surface area (Å²) in [5.41, 5.74) is 0. The first-order chi connectivity index (χ1) is 7.65. The Balaban J connectivity index is 2.43. The van der Waals surface area contributed by atoms with Crippen molar-refractivity contribution in [3.63, 3.8) is 0 Å². The van der Waals surface area contributed by atoms with Crippen molar-refractivity contribution in [1.82, 2.24) is 25.4 Å². The molecule has 0 bridgehead atoms. The minimum Gasteiger partial charge on any atom is -0.355 e. The SMILES string of the molecule is CCCNC(=O)CN(C)C(=O)c1ncn[nH]1. The van der Waals surface area contributed by atoms with E-state index in [0.717, 1.165) is 6.42 Å². The van der Waals surface area contributed by atoms with Crippen LogP contribution in [0, 0.1) is 0 Å². The molecule has 0 saturated heterocycles. The van der Waals surface area contributed by atoms with E-state index in [-0.39, 0.29) is 24.2 Å². The van der Waals surface area contributed by atoms with Crippen LogP contribution in [0.5, 0.6) is 0 Å². The molecule has 1 rings (SSSR count). The number of hydrogen-bond donors (Lipinski definition) is 2. The van der Waals surface area contributed by atoms with Crippen LogP contribution in [-0.2, 0) is 4.79 Å². The largest absolute Gasteiger partial charge is 0.355 e. The van der Waals surface area contributed by atoms with Crippen LogP contribution in [0.4, 0.5) is 0 Å². The molecular formula is C9H15N5O2. The second kappa shape index (κ2) is 5.84. The molecule has 0 spiro atoms. The summed E-state index contributed by atoms with van der Waals surface area (Å²) in [5, 5.41) is 8.70. The Labute approximate surface area is 93.2 Å². The van der Waals surface area contributed by atoms with E-state index in [1.807, 2.05) is 6.92 Å². The second-order valence-corrected chi connectivity index (χ2v) is 3.35. The molecule has 2 amide bonds. The molecule has 7 nitrogen and oxygen atoms in total. The van der Waals surface area contributed by atoms with Gasteiger partial charge >= 0.3 is 0 Å². The van der Waals surface area contributed by atoms with Gasteiger partial charge in [0, 0.05) is 13.6 Å². The van der Waals surface area contributed by atoms with Crippen LogP contribution >= 0.6 is 0 Å². The maximum Gasteiger partial charge on any atom is 0.291 e. The number of nitrogens with zero attached hydrogens (tertiary/aromatic N) is 3. The number of carbonyl (C=O) groups is 2. The molecule has 0 radical (unpaired) electrons. The Morgan fingerprint density at radius 1 is 1.56 bits per heavy atom. The normalized spacial score (nSPS) is 9.88. The third-order valence-electron chi connectivity index (χ3n) is 1.92. The highest BCUT2D eigenvalue weighted by Gasteiger charge is 2.16. The summed E-state index contributed by atoms with van der Waals surface area (Å²) in [6.07, 6.45) is 2.11. The highest BCUT2D eigenvalue weighted by atomic mass is 16.2. The lowest BCUT2D eigenvalue weighted by atomic mass is 10.4. The standard InChI is InChI=1S/C9H15N5O2/c1-3-4-10-7(15)5-14(2)9(16)8-11-6-12-13-8/h6H,3-5H2,1-2H3,(H,10,15)(H,11,12,13). The fourth-order valence-electron chi connectivity index (χ4n) is 1.10.